The Bertz CT molecular complexity index is 357. The Morgan fingerprint density at radius 3 is 3.00 bits per heavy atom. The SMILES string of the molecule is CC(CNC(=O)C1CCNCC1)Cn1cccn1. The molecule has 1 amide bonds. The van der Waals surface area contributed by atoms with Gasteiger partial charge in [-0.05, 0) is 37.9 Å². The molecule has 0 radical (unpaired) electrons. The van der Waals surface area contributed by atoms with Crippen LogP contribution in [0.1, 0.15) is 19.8 Å². The molecular weight excluding hydrogens is 228 g/mol. The van der Waals surface area contributed by atoms with Gasteiger partial charge in [0.05, 0.1) is 0 Å². The Morgan fingerprint density at radius 2 is 2.33 bits per heavy atom. The predicted octanol–water partition coefficient (Wildman–Crippen LogP) is 0.635. The van der Waals surface area contributed by atoms with Gasteiger partial charge >= 0.3 is 0 Å². The summed E-state index contributed by atoms with van der Waals surface area (Å²) in [6, 6.07) is 1.92. The fraction of sp³-hybridized carbons (Fsp3) is 0.692. The van der Waals surface area contributed by atoms with Crippen LogP contribution in [0.5, 0.6) is 0 Å². The van der Waals surface area contributed by atoms with Crippen molar-refractivity contribution in [1.82, 2.24) is 20.4 Å². The van der Waals surface area contributed by atoms with Crippen LogP contribution in [0, 0.1) is 11.8 Å². The molecule has 0 saturated carbocycles. The fourth-order valence-electron chi connectivity index (χ4n) is 2.30. The molecule has 1 aromatic heterocycles. The topological polar surface area (TPSA) is 59.0 Å². The summed E-state index contributed by atoms with van der Waals surface area (Å²) in [6.07, 6.45) is 5.64. The molecule has 5 heteroatoms. The standard InChI is InChI=1S/C13H22N4O/c1-11(10-17-8-2-5-16-17)9-15-13(18)12-3-6-14-7-4-12/h2,5,8,11-12,14H,3-4,6-7,9-10H2,1H3,(H,15,18). The van der Waals surface area contributed by atoms with Gasteiger partial charge in [-0.15, -0.1) is 0 Å². The third kappa shape index (κ3) is 3.84. The summed E-state index contributed by atoms with van der Waals surface area (Å²) in [7, 11) is 0. The number of carbonyl (C=O) groups is 1. The van der Waals surface area contributed by atoms with Crippen molar-refractivity contribution in [1.29, 1.82) is 0 Å². The zero-order valence-electron chi connectivity index (χ0n) is 10.9. The zero-order valence-corrected chi connectivity index (χ0v) is 10.9. The molecule has 18 heavy (non-hydrogen) atoms. The summed E-state index contributed by atoms with van der Waals surface area (Å²) >= 11 is 0. The van der Waals surface area contributed by atoms with Gasteiger partial charge in [-0.2, -0.15) is 5.10 Å². The summed E-state index contributed by atoms with van der Waals surface area (Å²) < 4.78 is 1.90. The molecule has 1 fully saturated rings. The van der Waals surface area contributed by atoms with Crippen LogP contribution in [0.3, 0.4) is 0 Å². The highest BCUT2D eigenvalue weighted by Crippen LogP contribution is 2.11. The molecule has 1 unspecified atom stereocenters. The molecule has 2 heterocycles. The molecule has 1 saturated heterocycles. The second-order valence-corrected chi connectivity index (χ2v) is 5.10. The van der Waals surface area contributed by atoms with E-state index in [0.29, 0.717) is 5.92 Å². The Hall–Kier alpha value is -1.36. The van der Waals surface area contributed by atoms with Crippen molar-refractivity contribution >= 4 is 5.91 Å². The first-order valence-electron chi connectivity index (χ1n) is 6.71. The van der Waals surface area contributed by atoms with Crippen LogP contribution < -0.4 is 10.6 Å². The van der Waals surface area contributed by atoms with Gasteiger partial charge in [-0.1, -0.05) is 6.92 Å². The minimum atomic E-state index is 0.197. The Balaban J connectivity index is 1.68. The minimum absolute atomic E-state index is 0.197. The number of hydrogen-bond acceptors (Lipinski definition) is 3. The van der Waals surface area contributed by atoms with Gasteiger partial charge in [-0.25, -0.2) is 0 Å². The number of nitrogens with zero attached hydrogens (tertiary/aromatic N) is 2. The van der Waals surface area contributed by atoms with E-state index in [1.807, 2.05) is 16.9 Å². The van der Waals surface area contributed by atoms with Gasteiger partial charge in [0.25, 0.3) is 0 Å². The van der Waals surface area contributed by atoms with E-state index in [-0.39, 0.29) is 11.8 Å². The second-order valence-electron chi connectivity index (χ2n) is 5.10. The Morgan fingerprint density at radius 1 is 1.56 bits per heavy atom. The molecule has 100 valence electrons. The maximum atomic E-state index is 11.9. The van der Waals surface area contributed by atoms with E-state index in [9.17, 15) is 4.79 Å². The van der Waals surface area contributed by atoms with Crippen LogP contribution in [-0.4, -0.2) is 35.3 Å². The van der Waals surface area contributed by atoms with Crippen molar-refractivity contribution in [2.45, 2.75) is 26.3 Å². The van der Waals surface area contributed by atoms with E-state index < -0.39 is 0 Å². The van der Waals surface area contributed by atoms with E-state index in [1.165, 1.54) is 0 Å². The summed E-state index contributed by atoms with van der Waals surface area (Å²) in [5.74, 6) is 0.808. The average molecular weight is 250 g/mol. The van der Waals surface area contributed by atoms with E-state index in [1.54, 1.807) is 6.20 Å². The Labute approximate surface area is 108 Å². The van der Waals surface area contributed by atoms with Crippen molar-refractivity contribution in [3.05, 3.63) is 18.5 Å². The molecular formula is C13H22N4O. The quantitative estimate of drug-likeness (QED) is 0.806. The predicted molar refractivity (Wildman–Crippen MR) is 70.0 cm³/mol. The maximum Gasteiger partial charge on any atom is 0.223 e. The van der Waals surface area contributed by atoms with Crippen LogP contribution in [0.2, 0.25) is 0 Å². The van der Waals surface area contributed by atoms with Crippen molar-refractivity contribution in [3.63, 3.8) is 0 Å². The summed E-state index contributed by atoms with van der Waals surface area (Å²) in [4.78, 5) is 11.9. The molecule has 2 rings (SSSR count). The molecule has 0 aliphatic carbocycles. The van der Waals surface area contributed by atoms with Gasteiger partial charge < -0.3 is 10.6 Å². The van der Waals surface area contributed by atoms with Crippen LogP contribution >= 0.6 is 0 Å². The normalized spacial score (nSPS) is 18.5. The van der Waals surface area contributed by atoms with E-state index in [0.717, 1.165) is 39.0 Å². The van der Waals surface area contributed by atoms with Gasteiger partial charge in [-0.3, -0.25) is 9.48 Å². The average Bonchev–Trinajstić information content (AvgIpc) is 2.90. The fourth-order valence-corrected chi connectivity index (χ4v) is 2.30. The van der Waals surface area contributed by atoms with Crippen molar-refractivity contribution in [2.75, 3.05) is 19.6 Å². The molecule has 1 atom stereocenters. The first-order valence-corrected chi connectivity index (χ1v) is 6.71. The molecule has 1 aliphatic heterocycles. The van der Waals surface area contributed by atoms with Gasteiger partial charge in [0.1, 0.15) is 0 Å². The number of aromatic nitrogens is 2. The highest BCUT2D eigenvalue weighted by Gasteiger charge is 2.20. The van der Waals surface area contributed by atoms with Crippen LogP contribution in [-0.2, 0) is 11.3 Å². The molecule has 0 aromatic carbocycles. The number of amides is 1. The second kappa shape index (κ2) is 6.54. The lowest BCUT2D eigenvalue weighted by atomic mass is 9.97. The number of carbonyl (C=O) groups excluding carboxylic acids is 1. The summed E-state index contributed by atoms with van der Waals surface area (Å²) in [5, 5.41) is 10.5. The molecule has 2 N–H and O–H groups in total. The van der Waals surface area contributed by atoms with Gasteiger partial charge in [0.2, 0.25) is 5.91 Å². The summed E-state index contributed by atoms with van der Waals surface area (Å²) in [5.41, 5.74) is 0. The lowest BCUT2D eigenvalue weighted by Crippen LogP contribution is -2.40. The van der Waals surface area contributed by atoms with E-state index >= 15 is 0 Å². The maximum absolute atomic E-state index is 11.9. The molecule has 0 spiro atoms. The van der Waals surface area contributed by atoms with Gasteiger partial charge in [0.15, 0.2) is 0 Å². The summed E-state index contributed by atoms with van der Waals surface area (Å²) in [6.45, 7) is 5.62. The molecule has 5 nitrogen and oxygen atoms in total. The van der Waals surface area contributed by atoms with Crippen molar-refractivity contribution < 1.29 is 4.79 Å². The van der Waals surface area contributed by atoms with Crippen LogP contribution in [0.15, 0.2) is 18.5 Å². The van der Waals surface area contributed by atoms with Gasteiger partial charge in [0, 0.05) is 31.4 Å². The lowest BCUT2D eigenvalue weighted by Gasteiger charge is -2.22. The lowest BCUT2D eigenvalue weighted by molar-refractivity contribution is -0.125. The third-order valence-corrected chi connectivity index (χ3v) is 3.39. The van der Waals surface area contributed by atoms with Crippen LogP contribution in [0.25, 0.3) is 0 Å². The third-order valence-electron chi connectivity index (χ3n) is 3.39. The Kier molecular flexibility index (Phi) is 4.75. The van der Waals surface area contributed by atoms with E-state index in [2.05, 4.69) is 22.7 Å². The first kappa shape index (κ1) is 13.1. The van der Waals surface area contributed by atoms with Crippen molar-refractivity contribution in [3.8, 4) is 0 Å². The molecule has 0 bridgehead atoms. The highest BCUT2D eigenvalue weighted by molar-refractivity contribution is 5.78. The highest BCUT2D eigenvalue weighted by atomic mass is 16.1. The number of hydrogen-bond donors (Lipinski definition) is 2. The number of nitrogens with one attached hydrogen (secondary N) is 2. The number of rotatable bonds is 5. The van der Waals surface area contributed by atoms with Crippen LogP contribution in [0.4, 0.5) is 0 Å². The largest absolute Gasteiger partial charge is 0.356 e. The zero-order chi connectivity index (χ0) is 12.8. The molecule has 1 aromatic rings. The monoisotopic (exact) mass is 250 g/mol. The van der Waals surface area contributed by atoms with Crippen molar-refractivity contribution in [2.24, 2.45) is 11.8 Å². The van der Waals surface area contributed by atoms with E-state index in [4.69, 9.17) is 0 Å². The molecule has 1 aliphatic rings. The smallest absolute Gasteiger partial charge is 0.223 e. The first-order chi connectivity index (χ1) is 8.75. The number of piperidine rings is 1. The minimum Gasteiger partial charge on any atom is -0.356 e.